The Morgan fingerprint density at radius 1 is 1.07 bits per heavy atom. The summed E-state index contributed by atoms with van der Waals surface area (Å²) >= 11 is 0. The van der Waals surface area contributed by atoms with Crippen molar-refractivity contribution in [3.05, 3.63) is 71.9 Å². The molecule has 154 valence electrons. The van der Waals surface area contributed by atoms with Gasteiger partial charge < -0.3 is 26.8 Å². The topological polar surface area (TPSA) is 129 Å². The highest BCUT2D eigenvalue weighted by atomic mass is 16.3. The molecule has 2 aromatic carbocycles. The molecule has 0 saturated heterocycles. The summed E-state index contributed by atoms with van der Waals surface area (Å²) in [5, 5.41) is 18.9. The van der Waals surface area contributed by atoms with Crippen molar-refractivity contribution in [1.29, 1.82) is 0 Å². The summed E-state index contributed by atoms with van der Waals surface area (Å²) in [6, 6.07) is 16.0. The van der Waals surface area contributed by atoms with Crippen LogP contribution in [0, 0.1) is 0 Å². The van der Waals surface area contributed by atoms with Crippen LogP contribution in [0.3, 0.4) is 0 Å². The fourth-order valence-corrected chi connectivity index (χ4v) is 2.95. The number of nitrogens with one attached hydrogen (secondary N) is 3. The molecule has 8 heteroatoms. The van der Waals surface area contributed by atoms with Crippen LogP contribution in [-0.2, 0) is 11.2 Å². The van der Waals surface area contributed by atoms with E-state index in [2.05, 4.69) is 20.9 Å². The zero-order valence-corrected chi connectivity index (χ0v) is 16.5. The second-order valence-electron chi connectivity index (χ2n) is 6.67. The number of primary amides is 1. The maximum atomic E-state index is 11.8. The lowest BCUT2D eigenvalue weighted by atomic mass is 10.1. The number of benzene rings is 2. The third-order valence-electron chi connectivity index (χ3n) is 4.33. The van der Waals surface area contributed by atoms with Crippen LogP contribution in [-0.4, -0.2) is 28.4 Å². The highest BCUT2D eigenvalue weighted by Crippen LogP contribution is 2.24. The minimum absolute atomic E-state index is 0.160. The van der Waals surface area contributed by atoms with E-state index >= 15 is 0 Å². The van der Waals surface area contributed by atoms with E-state index in [-0.39, 0.29) is 17.2 Å². The smallest absolute Gasteiger partial charge is 0.252 e. The number of hydrogen-bond acceptors (Lipinski definition) is 6. The van der Waals surface area contributed by atoms with Crippen molar-refractivity contribution in [1.82, 2.24) is 4.98 Å². The number of anilines is 4. The zero-order chi connectivity index (χ0) is 21.5. The van der Waals surface area contributed by atoms with Gasteiger partial charge in [0.05, 0.1) is 11.3 Å². The third-order valence-corrected chi connectivity index (χ3v) is 4.33. The number of hydrogen-bond donors (Lipinski definition) is 5. The summed E-state index contributed by atoms with van der Waals surface area (Å²) in [6.45, 7) is 1.93. The maximum Gasteiger partial charge on any atom is 0.252 e. The first-order valence-electron chi connectivity index (χ1n) is 9.37. The Kier molecular flexibility index (Phi) is 6.49. The summed E-state index contributed by atoms with van der Waals surface area (Å²) in [5.74, 6) is -0.0191. The monoisotopic (exact) mass is 405 g/mol. The van der Waals surface area contributed by atoms with E-state index < -0.39 is 5.91 Å². The van der Waals surface area contributed by atoms with Crippen LogP contribution in [0.4, 0.5) is 22.9 Å². The molecule has 0 fully saturated rings. The Hall–Kier alpha value is -4.07. The van der Waals surface area contributed by atoms with Crippen LogP contribution in [0.25, 0.3) is 0 Å². The standard InChI is InChI=1S/C22H23N5O3/c1-14(28)26-16-6-4-7-17(11-16)27-21-12-19(18(13-25-21)22(23)30)24-10-9-15-5-2-3-8-20(15)29/h2-8,11-13,29H,9-10H2,1H3,(H2,23,30)(H,26,28)(H2,24,25,27). The Bertz CT molecular complexity index is 1070. The molecule has 1 aromatic heterocycles. The van der Waals surface area contributed by atoms with Gasteiger partial charge in [0, 0.05) is 37.1 Å². The number of nitrogens with two attached hydrogens (primary N) is 1. The van der Waals surface area contributed by atoms with E-state index in [4.69, 9.17) is 5.73 Å². The molecule has 8 nitrogen and oxygen atoms in total. The second kappa shape index (κ2) is 9.42. The number of pyridine rings is 1. The van der Waals surface area contributed by atoms with E-state index in [1.165, 1.54) is 13.1 Å². The summed E-state index contributed by atoms with van der Waals surface area (Å²) < 4.78 is 0. The first-order chi connectivity index (χ1) is 14.4. The van der Waals surface area contributed by atoms with Gasteiger partial charge in [0.15, 0.2) is 0 Å². The molecule has 0 spiro atoms. The number of carbonyl (C=O) groups excluding carboxylic acids is 2. The Balaban J connectivity index is 1.75. The number of nitrogens with zero attached hydrogens (tertiary/aromatic N) is 1. The SMILES string of the molecule is CC(=O)Nc1cccc(Nc2cc(NCCc3ccccc3O)c(C(N)=O)cn2)c1. The number of carbonyl (C=O) groups is 2. The average Bonchev–Trinajstić information content (AvgIpc) is 2.69. The Labute approximate surface area is 174 Å². The minimum Gasteiger partial charge on any atom is -0.508 e. The van der Waals surface area contributed by atoms with Crippen molar-refractivity contribution >= 4 is 34.7 Å². The lowest BCUT2D eigenvalue weighted by Crippen LogP contribution is -2.16. The first kappa shape index (κ1) is 20.7. The number of para-hydroxylation sites is 1. The number of rotatable bonds is 8. The van der Waals surface area contributed by atoms with Gasteiger partial charge in [0.25, 0.3) is 5.91 Å². The van der Waals surface area contributed by atoms with Crippen molar-refractivity contribution in [3.63, 3.8) is 0 Å². The molecule has 6 N–H and O–H groups in total. The summed E-state index contributed by atoms with van der Waals surface area (Å²) in [6.07, 6.45) is 1.97. The predicted molar refractivity (Wildman–Crippen MR) is 117 cm³/mol. The van der Waals surface area contributed by atoms with Gasteiger partial charge in [0.2, 0.25) is 5.91 Å². The molecule has 30 heavy (non-hydrogen) atoms. The number of aromatic nitrogens is 1. The van der Waals surface area contributed by atoms with Crippen LogP contribution in [0.1, 0.15) is 22.8 Å². The van der Waals surface area contributed by atoms with Gasteiger partial charge in [-0.15, -0.1) is 0 Å². The number of phenolic OH excluding ortho intramolecular Hbond substituents is 1. The number of phenols is 1. The molecule has 0 bridgehead atoms. The van der Waals surface area contributed by atoms with Gasteiger partial charge in [0.1, 0.15) is 11.6 Å². The summed E-state index contributed by atoms with van der Waals surface area (Å²) in [4.78, 5) is 27.3. The Morgan fingerprint density at radius 3 is 2.57 bits per heavy atom. The molecule has 3 aromatic rings. The van der Waals surface area contributed by atoms with E-state index in [9.17, 15) is 14.7 Å². The van der Waals surface area contributed by atoms with Gasteiger partial charge in [-0.2, -0.15) is 0 Å². The molecule has 0 aliphatic carbocycles. The quantitative estimate of drug-likeness (QED) is 0.391. The van der Waals surface area contributed by atoms with Crippen LogP contribution in [0.15, 0.2) is 60.8 Å². The second-order valence-corrected chi connectivity index (χ2v) is 6.67. The largest absolute Gasteiger partial charge is 0.508 e. The van der Waals surface area contributed by atoms with Gasteiger partial charge in [-0.05, 0) is 36.2 Å². The number of amides is 2. The highest BCUT2D eigenvalue weighted by Gasteiger charge is 2.11. The molecule has 2 amide bonds. The minimum atomic E-state index is -0.591. The fourth-order valence-electron chi connectivity index (χ4n) is 2.95. The highest BCUT2D eigenvalue weighted by molar-refractivity contribution is 5.98. The predicted octanol–water partition coefficient (Wildman–Crippen LogP) is 3.24. The zero-order valence-electron chi connectivity index (χ0n) is 16.5. The van der Waals surface area contributed by atoms with Crippen LogP contribution in [0.5, 0.6) is 5.75 Å². The normalized spacial score (nSPS) is 10.3. The molecule has 0 aliphatic rings. The van der Waals surface area contributed by atoms with Crippen molar-refractivity contribution in [2.24, 2.45) is 5.73 Å². The van der Waals surface area contributed by atoms with E-state index in [0.717, 1.165) is 11.3 Å². The molecular formula is C22H23N5O3. The van der Waals surface area contributed by atoms with Gasteiger partial charge in [-0.25, -0.2) is 4.98 Å². The van der Waals surface area contributed by atoms with Crippen LogP contribution < -0.4 is 21.7 Å². The molecule has 3 rings (SSSR count). The van der Waals surface area contributed by atoms with E-state index in [0.29, 0.717) is 30.2 Å². The third kappa shape index (κ3) is 5.48. The fraction of sp³-hybridized carbons (Fsp3) is 0.136. The first-order valence-corrected chi connectivity index (χ1v) is 9.37. The lowest BCUT2D eigenvalue weighted by Gasteiger charge is -2.13. The van der Waals surface area contributed by atoms with Gasteiger partial charge in [-0.3, -0.25) is 9.59 Å². The van der Waals surface area contributed by atoms with Crippen molar-refractivity contribution in [3.8, 4) is 5.75 Å². The maximum absolute atomic E-state index is 11.8. The van der Waals surface area contributed by atoms with Gasteiger partial charge >= 0.3 is 0 Å². The summed E-state index contributed by atoms with van der Waals surface area (Å²) in [7, 11) is 0. The van der Waals surface area contributed by atoms with E-state index in [1.54, 1.807) is 36.4 Å². The van der Waals surface area contributed by atoms with Crippen LogP contribution >= 0.6 is 0 Å². The lowest BCUT2D eigenvalue weighted by molar-refractivity contribution is -0.114. The molecule has 0 aliphatic heterocycles. The molecule has 0 radical (unpaired) electrons. The molecular weight excluding hydrogens is 382 g/mol. The number of aromatic hydroxyl groups is 1. The average molecular weight is 405 g/mol. The van der Waals surface area contributed by atoms with Crippen molar-refractivity contribution < 1.29 is 14.7 Å². The summed E-state index contributed by atoms with van der Waals surface area (Å²) in [5.41, 5.74) is 8.45. The molecule has 0 saturated carbocycles. The van der Waals surface area contributed by atoms with Crippen LogP contribution in [0.2, 0.25) is 0 Å². The molecule has 0 unspecified atom stereocenters. The Morgan fingerprint density at radius 2 is 1.83 bits per heavy atom. The molecule has 0 atom stereocenters. The van der Waals surface area contributed by atoms with E-state index in [1.807, 2.05) is 18.2 Å². The van der Waals surface area contributed by atoms with Crippen molar-refractivity contribution in [2.45, 2.75) is 13.3 Å². The molecule has 1 heterocycles. The van der Waals surface area contributed by atoms with Crippen molar-refractivity contribution in [2.75, 3.05) is 22.5 Å². The van der Waals surface area contributed by atoms with Gasteiger partial charge in [-0.1, -0.05) is 24.3 Å².